The van der Waals surface area contributed by atoms with Crippen molar-refractivity contribution in [1.82, 2.24) is 9.88 Å². The van der Waals surface area contributed by atoms with Crippen molar-refractivity contribution >= 4 is 22.4 Å². The number of esters is 1. The summed E-state index contributed by atoms with van der Waals surface area (Å²) in [6.45, 7) is 1.45. The molecule has 2 aromatic rings. The number of carbonyl (C=O) groups is 1. The number of ether oxygens (including phenoxy) is 1. The number of likely N-dealkylation sites (N-methyl/N-ethyl adjacent to an activating group) is 1. The number of H-pyrrole nitrogens is 1. The average molecular weight is 379 g/mol. The molecule has 0 bridgehead atoms. The van der Waals surface area contributed by atoms with Crippen molar-refractivity contribution in [2.75, 3.05) is 20.2 Å². The molecule has 1 N–H and O–H groups in total. The lowest BCUT2D eigenvalue weighted by Gasteiger charge is -2.39. The Hall–Kier alpha value is -2.07. The lowest BCUT2D eigenvalue weighted by molar-refractivity contribution is -0.150. The molecular formula is C24H30N2O2. The molecule has 3 aliphatic rings. The summed E-state index contributed by atoms with van der Waals surface area (Å²) < 4.78 is 5.82. The SMILES string of the molecule is CN1C[C@H](COC(=O)C2CCCCCC2)C=C2c3cccc4[nH]cc(c34)C[C@H]21. The highest BCUT2D eigenvalue weighted by molar-refractivity contribution is 5.98. The Bertz CT molecular complexity index is 904. The smallest absolute Gasteiger partial charge is 0.308 e. The Labute approximate surface area is 166 Å². The zero-order chi connectivity index (χ0) is 19.1. The number of benzene rings is 1. The highest BCUT2D eigenvalue weighted by Gasteiger charge is 2.34. The van der Waals surface area contributed by atoms with Crippen LogP contribution in [0.1, 0.15) is 49.7 Å². The van der Waals surface area contributed by atoms with Gasteiger partial charge in [-0.05, 0) is 49.1 Å². The van der Waals surface area contributed by atoms with E-state index in [9.17, 15) is 4.79 Å². The third-order valence-electron chi connectivity index (χ3n) is 6.97. The maximum absolute atomic E-state index is 12.6. The van der Waals surface area contributed by atoms with Gasteiger partial charge in [0, 0.05) is 35.6 Å². The van der Waals surface area contributed by atoms with E-state index in [0.29, 0.717) is 12.6 Å². The minimum Gasteiger partial charge on any atom is -0.465 e. The van der Waals surface area contributed by atoms with Crippen LogP contribution in [0.3, 0.4) is 0 Å². The lowest BCUT2D eigenvalue weighted by Crippen LogP contribution is -2.43. The Morgan fingerprint density at radius 3 is 2.86 bits per heavy atom. The zero-order valence-electron chi connectivity index (χ0n) is 16.7. The van der Waals surface area contributed by atoms with Gasteiger partial charge in [-0.25, -0.2) is 0 Å². The molecule has 28 heavy (non-hydrogen) atoms. The molecule has 4 heteroatoms. The number of hydrogen-bond donors (Lipinski definition) is 1. The van der Waals surface area contributed by atoms with Crippen LogP contribution in [0.15, 0.2) is 30.5 Å². The highest BCUT2D eigenvalue weighted by atomic mass is 16.5. The van der Waals surface area contributed by atoms with Crippen LogP contribution >= 0.6 is 0 Å². The molecule has 2 heterocycles. The molecule has 4 nitrogen and oxygen atoms in total. The Morgan fingerprint density at radius 2 is 2.04 bits per heavy atom. The summed E-state index contributed by atoms with van der Waals surface area (Å²) in [7, 11) is 2.20. The van der Waals surface area contributed by atoms with E-state index in [1.165, 1.54) is 53.3 Å². The molecule has 0 spiro atoms. The molecule has 2 atom stereocenters. The van der Waals surface area contributed by atoms with Gasteiger partial charge < -0.3 is 9.72 Å². The first-order valence-electron chi connectivity index (χ1n) is 10.9. The second-order valence-corrected chi connectivity index (χ2v) is 8.90. The molecule has 1 fully saturated rings. The van der Waals surface area contributed by atoms with Crippen LogP contribution < -0.4 is 0 Å². The summed E-state index contributed by atoms with van der Waals surface area (Å²) in [5, 5.41) is 1.37. The van der Waals surface area contributed by atoms with Gasteiger partial charge in [0.25, 0.3) is 0 Å². The first-order chi connectivity index (χ1) is 13.7. The molecule has 148 valence electrons. The normalized spacial score (nSPS) is 25.8. The fraction of sp³-hybridized carbons (Fsp3) is 0.542. The fourth-order valence-corrected chi connectivity index (χ4v) is 5.48. The number of rotatable bonds is 3. The molecule has 0 radical (unpaired) electrons. The molecular weight excluding hydrogens is 348 g/mol. The van der Waals surface area contributed by atoms with E-state index in [0.717, 1.165) is 25.8 Å². The van der Waals surface area contributed by atoms with Crippen molar-refractivity contribution < 1.29 is 9.53 Å². The van der Waals surface area contributed by atoms with Crippen molar-refractivity contribution in [2.45, 2.75) is 51.0 Å². The summed E-state index contributed by atoms with van der Waals surface area (Å²) in [6.07, 6.45) is 12.5. The minimum absolute atomic E-state index is 0.0312. The summed E-state index contributed by atoms with van der Waals surface area (Å²) in [5.41, 5.74) is 5.38. The van der Waals surface area contributed by atoms with Gasteiger partial charge in [0.1, 0.15) is 0 Å². The first kappa shape index (κ1) is 18.0. The summed E-state index contributed by atoms with van der Waals surface area (Å²) in [5.74, 6) is 0.417. The fourth-order valence-electron chi connectivity index (χ4n) is 5.48. The van der Waals surface area contributed by atoms with Crippen molar-refractivity contribution in [3.63, 3.8) is 0 Å². The number of carbonyl (C=O) groups excluding carboxylic acids is 1. The summed E-state index contributed by atoms with van der Waals surface area (Å²) in [4.78, 5) is 18.4. The Balaban J connectivity index is 1.35. The van der Waals surface area contributed by atoms with Crippen LogP contribution in [0.25, 0.3) is 16.5 Å². The van der Waals surface area contributed by atoms with Crippen LogP contribution in [0.5, 0.6) is 0 Å². The van der Waals surface area contributed by atoms with Crippen LogP contribution in [-0.4, -0.2) is 42.1 Å². The van der Waals surface area contributed by atoms with Gasteiger partial charge in [-0.1, -0.05) is 43.9 Å². The van der Waals surface area contributed by atoms with E-state index in [1.807, 2.05) is 0 Å². The molecule has 2 aliphatic carbocycles. The van der Waals surface area contributed by atoms with Crippen LogP contribution in [0.4, 0.5) is 0 Å². The van der Waals surface area contributed by atoms with E-state index in [-0.39, 0.29) is 17.8 Å². The largest absolute Gasteiger partial charge is 0.465 e. The van der Waals surface area contributed by atoms with Crippen molar-refractivity contribution in [1.29, 1.82) is 0 Å². The number of aromatic nitrogens is 1. The minimum atomic E-state index is 0.0312. The van der Waals surface area contributed by atoms with E-state index < -0.39 is 0 Å². The molecule has 0 saturated heterocycles. The monoisotopic (exact) mass is 378 g/mol. The second kappa shape index (κ2) is 7.40. The van der Waals surface area contributed by atoms with Crippen molar-refractivity contribution in [3.8, 4) is 0 Å². The predicted octanol–water partition coefficient (Wildman–Crippen LogP) is 4.55. The number of hydrogen-bond acceptors (Lipinski definition) is 3. The third-order valence-corrected chi connectivity index (χ3v) is 6.97. The molecule has 1 aromatic heterocycles. The quantitative estimate of drug-likeness (QED) is 0.629. The van der Waals surface area contributed by atoms with Gasteiger partial charge >= 0.3 is 5.97 Å². The maximum Gasteiger partial charge on any atom is 0.308 e. The van der Waals surface area contributed by atoms with Crippen LogP contribution in [0.2, 0.25) is 0 Å². The average Bonchev–Trinajstić information content (AvgIpc) is 2.94. The van der Waals surface area contributed by atoms with Crippen LogP contribution in [0, 0.1) is 11.8 Å². The third kappa shape index (κ3) is 3.18. The maximum atomic E-state index is 12.6. The topological polar surface area (TPSA) is 45.3 Å². The molecule has 1 aromatic carbocycles. The van der Waals surface area contributed by atoms with E-state index in [1.54, 1.807) is 0 Å². The van der Waals surface area contributed by atoms with Gasteiger partial charge in [-0.15, -0.1) is 0 Å². The number of nitrogens with one attached hydrogen (secondary N) is 1. The molecule has 0 unspecified atom stereocenters. The molecule has 1 saturated carbocycles. The van der Waals surface area contributed by atoms with E-state index in [4.69, 9.17) is 4.74 Å². The summed E-state index contributed by atoms with van der Waals surface area (Å²) in [6, 6.07) is 6.95. The predicted molar refractivity (Wildman–Crippen MR) is 112 cm³/mol. The Kier molecular flexibility index (Phi) is 4.75. The van der Waals surface area contributed by atoms with E-state index >= 15 is 0 Å². The van der Waals surface area contributed by atoms with Gasteiger partial charge in [-0.2, -0.15) is 0 Å². The molecule has 5 rings (SSSR count). The molecule has 0 amide bonds. The molecule has 1 aliphatic heterocycles. The number of aromatic amines is 1. The second-order valence-electron chi connectivity index (χ2n) is 8.90. The van der Waals surface area contributed by atoms with Gasteiger partial charge in [-0.3, -0.25) is 9.69 Å². The zero-order valence-corrected chi connectivity index (χ0v) is 16.7. The van der Waals surface area contributed by atoms with Crippen molar-refractivity contribution in [3.05, 3.63) is 41.6 Å². The highest BCUT2D eigenvalue weighted by Crippen LogP contribution is 2.40. The van der Waals surface area contributed by atoms with E-state index in [2.05, 4.69) is 47.4 Å². The number of nitrogens with zero attached hydrogens (tertiary/aromatic N) is 1. The summed E-state index contributed by atoms with van der Waals surface area (Å²) >= 11 is 0. The van der Waals surface area contributed by atoms with Gasteiger partial charge in [0.05, 0.1) is 12.5 Å². The van der Waals surface area contributed by atoms with Gasteiger partial charge in [0.2, 0.25) is 0 Å². The van der Waals surface area contributed by atoms with Crippen molar-refractivity contribution in [2.24, 2.45) is 11.8 Å². The standard InChI is InChI=1S/C24H30N2O2/c1-26-14-16(15-28-24(27)17-7-4-2-3-5-8-17)11-20-19-9-6-10-21-23(19)18(13-25-21)12-22(20)26/h6,9-11,13,16-17,22,25H,2-5,7-8,12,14-15H2,1H3/t16-,22-/m1/s1. The Morgan fingerprint density at radius 1 is 1.21 bits per heavy atom. The first-order valence-corrected chi connectivity index (χ1v) is 10.9. The number of fused-ring (bicyclic) bond motifs is 2. The van der Waals surface area contributed by atoms with Gasteiger partial charge in [0.15, 0.2) is 0 Å². The lowest BCUT2D eigenvalue weighted by atomic mass is 9.80. The van der Waals surface area contributed by atoms with Crippen LogP contribution in [-0.2, 0) is 16.0 Å².